The second kappa shape index (κ2) is 8.65. The first kappa shape index (κ1) is 21.4. The molecular weight excluding hydrogens is 365 g/mol. The fourth-order valence-electron chi connectivity index (χ4n) is 2.61. The Balaban J connectivity index is 2.96. The van der Waals surface area contributed by atoms with E-state index < -0.39 is 39.0 Å². The lowest BCUT2D eigenvalue weighted by Crippen LogP contribution is -2.31. The summed E-state index contributed by atoms with van der Waals surface area (Å²) in [5, 5.41) is 0. The number of rotatable bonds is 8. The number of hydrogen-bond acceptors (Lipinski definition) is 7. The predicted molar refractivity (Wildman–Crippen MR) is 91.4 cm³/mol. The lowest BCUT2D eigenvalue weighted by molar-refractivity contribution is -0.00712. The molecule has 1 rings (SSSR count). The molecule has 0 aliphatic heterocycles. The van der Waals surface area contributed by atoms with Crippen molar-refractivity contribution in [2.24, 2.45) is 5.92 Å². The van der Waals surface area contributed by atoms with Crippen molar-refractivity contribution in [2.75, 3.05) is 14.2 Å². The number of phosphoric acid groups is 1. The minimum absolute atomic E-state index is 0.0219. The summed E-state index contributed by atoms with van der Waals surface area (Å²) >= 11 is 3.90. The van der Waals surface area contributed by atoms with Gasteiger partial charge in [-0.15, -0.1) is 12.6 Å². The highest BCUT2D eigenvalue weighted by Crippen LogP contribution is 2.52. The van der Waals surface area contributed by atoms with Crippen LogP contribution in [0.4, 0.5) is 0 Å². The van der Waals surface area contributed by atoms with E-state index in [1.807, 2.05) is 7.85 Å². The number of hydrogen-bond donors (Lipinski definition) is 3. The van der Waals surface area contributed by atoms with Gasteiger partial charge in [-0.1, -0.05) is 6.08 Å². The van der Waals surface area contributed by atoms with E-state index in [0.717, 1.165) is 12.9 Å². The van der Waals surface area contributed by atoms with Gasteiger partial charge in [-0.3, -0.25) is 13.6 Å². The largest absolute Gasteiger partial charge is 0.473 e. The molecule has 0 saturated heterocycles. The molecule has 0 amide bonds. The molecule has 0 aromatic rings. The van der Waals surface area contributed by atoms with Gasteiger partial charge in [0, 0.05) is 26.0 Å². The van der Waals surface area contributed by atoms with Gasteiger partial charge in [0.25, 0.3) is 0 Å². The van der Waals surface area contributed by atoms with Gasteiger partial charge in [-0.05, 0) is 19.2 Å². The van der Waals surface area contributed by atoms with Crippen molar-refractivity contribution in [1.82, 2.24) is 0 Å². The van der Waals surface area contributed by atoms with Crippen LogP contribution < -0.4 is 0 Å². The summed E-state index contributed by atoms with van der Waals surface area (Å²) in [7, 11) is -3.67. The SMILES string of the molecule is B[C@@H]1C[C@H](/C=C/P(=O)(O)OC)[C@@H](OP(=O)(O)O[C@H](C)S)[C@H]1OC. The Morgan fingerprint density at radius 2 is 1.91 bits per heavy atom. The van der Waals surface area contributed by atoms with Crippen LogP contribution in [0.15, 0.2) is 11.9 Å². The van der Waals surface area contributed by atoms with Gasteiger partial charge in [0.1, 0.15) is 19.4 Å². The average molecular weight is 388 g/mol. The van der Waals surface area contributed by atoms with Crippen molar-refractivity contribution in [1.29, 1.82) is 0 Å². The summed E-state index contributed by atoms with van der Waals surface area (Å²) in [6.45, 7) is 1.48. The zero-order chi connectivity index (χ0) is 17.8. The standard InChI is InChI=1S/C11H23BO8P2S/c1-7(23)19-22(15,16)20-10-8(4-5-21(13,14)18-3)6-9(12)11(10)17-2/h4-5,7-11,23H,6,12H2,1-3H3,(H,13,14)(H,15,16)/b5-4+/t7-,8-,9+,10+,11-/m0/s1. The Morgan fingerprint density at radius 3 is 2.39 bits per heavy atom. The monoisotopic (exact) mass is 388 g/mol. The highest BCUT2D eigenvalue weighted by molar-refractivity contribution is 7.81. The van der Waals surface area contributed by atoms with Crippen molar-refractivity contribution in [3.63, 3.8) is 0 Å². The molecule has 1 aliphatic rings. The second-order valence-corrected chi connectivity index (χ2v) is 9.29. The van der Waals surface area contributed by atoms with Crippen LogP contribution in [0.1, 0.15) is 13.3 Å². The minimum Gasteiger partial charge on any atom is -0.379 e. The molecule has 12 heteroatoms. The first-order chi connectivity index (χ1) is 10.5. The molecular formula is C11H23BO8P2S. The van der Waals surface area contributed by atoms with Gasteiger partial charge >= 0.3 is 15.4 Å². The molecule has 0 aromatic heterocycles. The molecule has 0 aromatic carbocycles. The fourth-order valence-corrected chi connectivity index (χ4v) is 4.55. The molecule has 8 nitrogen and oxygen atoms in total. The Labute approximate surface area is 142 Å². The maximum Gasteiger partial charge on any atom is 0.473 e. The van der Waals surface area contributed by atoms with Crippen molar-refractivity contribution in [3.8, 4) is 0 Å². The van der Waals surface area contributed by atoms with Gasteiger partial charge in [-0.2, -0.15) is 0 Å². The number of ether oxygens (including phenoxy) is 1. The summed E-state index contributed by atoms with van der Waals surface area (Å²) in [6.07, 6.45) is 0.754. The first-order valence-corrected chi connectivity index (χ1v) is 10.6. The van der Waals surface area contributed by atoms with E-state index in [1.165, 1.54) is 20.1 Å². The molecule has 1 fully saturated rings. The van der Waals surface area contributed by atoms with Gasteiger partial charge in [0.2, 0.25) is 0 Å². The molecule has 134 valence electrons. The van der Waals surface area contributed by atoms with Gasteiger partial charge in [-0.25, -0.2) is 4.57 Å². The van der Waals surface area contributed by atoms with Crippen LogP contribution in [0, 0.1) is 5.92 Å². The summed E-state index contributed by atoms with van der Waals surface area (Å²) in [4.78, 5) is 19.2. The van der Waals surface area contributed by atoms with E-state index in [1.54, 1.807) is 0 Å². The van der Waals surface area contributed by atoms with Crippen LogP contribution in [0.3, 0.4) is 0 Å². The Kier molecular flexibility index (Phi) is 8.06. The zero-order valence-corrected chi connectivity index (χ0v) is 16.1. The van der Waals surface area contributed by atoms with Crippen LogP contribution in [-0.4, -0.2) is 49.5 Å². The second-order valence-electron chi connectivity index (χ2n) is 5.41. The molecule has 2 unspecified atom stereocenters. The van der Waals surface area contributed by atoms with Crippen molar-refractivity contribution in [3.05, 3.63) is 11.9 Å². The van der Waals surface area contributed by atoms with E-state index >= 15 is 0 Å². The van der Waals surface area contributed by atoms with Crippen molar-refractivity contribution >= 4 is 35.9 Å². The fraction of sp³-hybridized carbons (Fsp3) is 0.818. The average Bonchev–Trinajstić information content (AvgIpc) is 2.70. The normalized spacial score (nSPS) is 35.0. The molecule has 23 heavy (non-hydrogen) atoms. The van der Waals surface area contributed by atoms with E-state index in [4.69, 9.17) is 13.8 Å². The van der Waals surface area contributed by atoms with Gasteiger partial charge in [0.05, 0.1) is 6.10 Å². The summed E-state index contributed by atoms with van der Waals surface area (Å²) in [6, 6.07) is 0. The molecule has 0 heterocycles. The zero-order valence-electron chi connectivity index (χ0n) is 13.4. The van der Waals surface area contributed by atoms with E-state index in [0.29, 0.717) is 6.42 Å². The third kappa shape index (κ3) is 6.65. The predicted octanol–water partition coefficient (Wildman–Crippen LogP) is 1.57. The lowest BCUT2D eigenvalue weighted by Gasteiger charge is -2.26. The Bertz CT molecular complexity index is 516. The van der Waals surface area contributed by atoms with Crippen LogP contribution in [0.5, 0.6) is 0 Å². The highest BCUT2D eigenvalue weighted by Gasteiger charge is 2.45. The molecule has 2 N–H and O–H groups in total. The third-order valence-corrected chi connectivity index (χ3v) is 5.98. The molecule has 7 atom stereocenters. The van der Waals surface area contributed by atoms with Crippen molar-refractivity contribution < 1.29 is 37.2 Å². The topological polar surface area (TPSA) is 112 Å². The first-order valence-electron chi connectivity index (χ1n) is 6.99. The van der Waals surface area contributed by atoms with Gasteiger partial charge < -0.3 is 19.0 Å². The van der Waals surface area contributed by atoms with Gasteiger partial charge in [0.15, 0.2) is 0 Å². The van der Waals surface area contributed by atoms with E-state index in [2.05, 4.69) is 17.2 Å². The van der Waals surface area contributed by atoms with E-state index in [-0.39, 0.29) is 5.82 Å². The molecule has 0 spiro atoms. The van der Waals surface area contributed by atoms with Crippen LogP contribution in [-0.2, 0) is 27.4 Å². The number of methoxy groups -OCH3 is 1. The molecule has 0 bridgehead atoms. The number of thiol groups is 1. The Morgan fingerprint density at radius 1 is 1.30 bits per heavy atom. The number of phosphoric ester groups is 1. The quantitative estimate of drug-likeness (QED) is 0.249. The summed E-state index contributed by atoms with van der Waals surface area (Å²) in [5.74, 6) is 0.669. The maximum absolute atomic E-state index is 12.0. The molecule has 1 saturated carbocycles. The van der Waals surface area contributed by atoms with Crippen LogP contribution >= 0.6 is 28.0 Å². The maximum atomic E-state index is 12.0. The smallest absolute Gasteiger partial charge is 0.379 e. The van der Waals surface area contributed by atoms with Crippen LogP contribution in [0.2, 0.25) is 5.82 Å². The third-order valence-electron chi connectivity index (χ3n) is 3.55. The highest BCUT2D eigenvalue weighted by atomic mass is 32.1. The lowest BCUT2D eigenvalue weighted by atomic mass is 9.83. The minimum atomic E-state index is -4.34. The van der Waals surface area contributed by atoms with Crippen molar-refractivity contribution in [2.45, 2.75) is 36.8 Å². The molecule has 0 radical (unpaired) electrons. The molecule has 1 aliphatic carbocycles. The summed E-state index contributed by atoms with van der Waals surface area (Å²) in [5.41, 5.74) is -0.786. The van der Waals surface area contributed by atoms with E-state index in [9.17, 15) is 18.9 Å². The summed E-state index contributed by atoms with van der Waals surface area (Å²) < 4.78 is 43.4. The Hall–Kier alpha value is 0.375. The van der Waals surface area contributed by atoms with Crippen LogP contribution in [0.25, 0.3) is 0 Å².